The zero-order chi connectivity index (χ0) is 47.1. The molecule has 3 unspecified atom stereocenters. The number of carbonyl (C=O) groups excluding carboxylic acids is 1. The van der Waals surface area contributed by atoms with Crippen LogP contribution in [-0.2, 0) is 18.4 Å². The average Bonchev–Trinajstić information content (AvgIpc) is 3.25. The third-order valence-corrected chi connectivity index (χ3v) is 11.1. The number of allylic oxidation sites excluding steroid dienone is 19. The molecule has 8 nitrogen and oxygen atoms in total. The molecule has 0 aliphatic heterocycles. The number of quaternary nitrogens is 1. The number of carbonyl (C=O) groups is 1. The fraction of sp³-hybridized carbons (Fsp3) is 0.618. The summed E-state index contributed by atoms with van der Waals surface area (Å²) in [7, 11) is 1.23. The predicted molar refractivity (Wildman–Crippen MR) is 274 cm³/mol. The van der Waals surface area contributed by atoms with E-state index in [4.69, 9.17) is 9.05 Å². The van der Waals surface area contributed by atoms with Crippen LogP contribution in [-0.4, -0.2) is 68.5 Å². The Balaban J connectivity index is 3.84. The van der Waals surface area contributed by atoms with Crippen LogP contribution in [0.2, 0.25) is 0 Å². The highest BCUT2D eigenvalue weighted by Gasteiger charge is 2.23. The van der Waals surface area contributed by atoms with Gasteiger partial charge in [0.05, 0.1) is 39.9 Å². The normalized spacial score (nSPS) is 15.2. The highest BCUT2D eigenvalue weighted by molar-refractivity contribution is 7.45. The van der Waals surface area contributed by atoms with Crippen molar-refractivity contribution in [3.05, 3.63) is 122 Å². The maximum absolute atomic E-state index is 12.7. The zero-order valence-electron chi connectivity index (χ0n) is 41.2. The quantitative estimate of drug-likeness (QED) is 0.0273. The minimum Gasteiger partial charge on any atom is -0.756 e. The fourth-order valence-electron chi connectivity index (χ4n) is 6.27. The number of phosphoric acid groups is 1. The third-order valence-electron chi connectivity index (χ3n) is 10.2. The van der Waals surface area contributed by atoms with Gasteiger partial charge in [0.15, 0.2) is 0 Å². The van der Waals surface area contributed by atoms with Crippen LogP contribution in [0.25, 0.3) is 0 Å². The van der Waals surface area contributed by atoms with E-state index in [-0.39, 0.29) is 12.5 Å². The number of amides is 1. The molecule has 0 bridgehead atoms. The van der Waals surface area contributed by atoms with Gasteiger partial charge in [-0.15, -0.1) is 0 Å². The van der Waals surface area contributed by atoms with Crippen molar-refractivity contribution in [2.75, 3.05) is 40.9 Å². The molecule has 0 aromatic heterocycles. The van der Waals surface area contributed by atoms with Gasteiger partial charge >= 0.3 is 0 Å². The van der Waals surface area contributed by atoms with Crippen LogP contribution < -0.4 is 10.2 Å². The van der Waals surface area contributed by atoms with Gasteiger partial charge in [-0.05, 0) is 83.5 Å². The van der Waals surface area contributed by atoms with Crippen LogP contribution in [0.3, 0.4) is 0 Å². The molecule has 0 spiro atoms. The van der Waals surface area contributed by atoms with Crippen LogP contribution in [0.4, 0.5) is 0 Å². The first kappa shape index (κ1) is 60.9. The lowest BCUT2D eigenvalue weighted by Gasteiger charge is -2.29. The second-order valence-electron chi connectivity index (χ2n) is 17.4. The van der Waals surface area contributed by atoms with Crippen molar-refractivity contribution in [1.82, 2.24) is 5.32 Å². The van der Waals surface area contributed by atoms with Crippen molar-refractivity contribution >= 4 is 13.7 Å². The summed E-state index contributed by atoms with van der Waals surface area (Å²) in [6, 6.07) is -0.890. The molecule has 0 aliphatic carbocycles. The minimum absolute atomic E-state index is 0.00886. The number of rotatable bonds is 43. The number of aliphatic hydroxyl groups excluding tert-OH is 1. The van der Waals surface area contributed by atoms with Crippen LogP contribution in [0.5, 0.6) is 0 Å². The molecule has 9 heteroatoms. The van der Waals surface area contributed by atoms with E-state index in [2.05, 4.69) is 122 Å². The molecular formula is C55H93N2O6P. The van der Waals surface area contributed by atoms with Crippen LogP contribution in [0, 0.1) is 0 Å². The van der Waals surface area contributed by atoms with Gasteiger partial charge in [0.2, 0.25) is 5.91 Å². The van der Waals surface area contributed by atoms with E-state index in [0.717, 1.165) is 96.3 Å². The Morgan fingerprint density at radius 3 is 1.36 bits per heavy atom. The van der Waals surface area contributed by atoms with Gasteiger partial charge in [-0.25, -0.2) is 0 Å². The van der Waals surface area contributed by atoms with Crippen molar-refractivity contribution < 1.29 is 32.9 Å². The fourth-order valence-corrected chi connectivity index (χ4v) is 6.99. The molecule has 0 saturated heterocycles. The summed E-state index contributed by atoms with van der Waals surface area (Å²) in [6.45, 7) is 4.28. The Kier molecular flexibility index (Phi) is 42.9. The molecular weight excluding hydrogens is 816 g/mol. The minimum atomic E-state index is -4.57. The van der Waals surface area contributed by atoms with Crippen molar-refractivity contribution in [3.8, 4) is 0 Å². The van der Waals surface area contributed by atoms with Gasteiger partial charge in [0.25, 0.3) is 7.82 Å². The Morgan fingerprint density at radius 1 is 0.562 bits per heavy atom. The van der Waals surface area contributed by atoms with Gasteiger partial charge < -0.3 is 28.8 Å². The molecule has 0 fully saturated rings. The number of nitrogens with one attached hydrogen (secondary N) is 1. The summed E-state index contributed by atoms with van der Waals surface area (Å²) < 4.78 is 22.9. The standard InChI is InChI=1S/C55H93N2O6P/c1-6-8-10-11-12-13-14-15-16-17-18-19-20-21-22-23-24-25-26-27-28-29-30-31-32-33-34-35-36-37-38-39-40-41-42-43-44-45-47-49-55(59)56-53(54(58)48-46-9-7-2)52-63-64(60,61)62-51-50-57(3,4)5/h8,10,12-13,15-16,18-19,21-22,24-25,27-28,30-31,33-34,46,48,53-54,58H,6-7,9,11,14,17,20,23,26,29,32,35-45,47,49-52H2,1-5H3,(H-,56,59,60,61)/b10-8-,13-12-,16-15-,19-18-,22-21-,25-24-,28-27-,31-30-,34-33-,48-46+. The summed E-state index contributed by atoms with van der Waals surface area (Å²) in [4.78, 5) is 25.0. The van der Waals surface area contributed by atoms with Gasteiger partial charge in [-0.1, -0.05) is 200 Å². The second-order valence-corrected chi connectivity index (χ2v) is 18.8. The molecule has 0 aliphatic rings. The molecule has 2 N–H and O–H groups in total. The molecule has 0 rings (SSSR count). The van der Waals surface area contributed by atoms with E-state index in [9.17, 15) is 19.4 Å². The van der Waals surface area contributed by atoms with E-state index < -0.39 is 26.6 Å². The Labute approximate surface area is 393 Å². The van der Waals surface area contributed by atoms with E-state index in [1.165, 1.54) is 51.4 Å². The zero-order valence-corrected chi connectivity index (χ0v) is 42.1. The van der Waals surface area contributed by atoms with E-state index in [1.54, 1.807) is 6.08 Å². The third kappa shape index (κ3) is 46.9. The van der Waals surface area contributed by atoms with E-state index in [1.807, 2.05) is 34.1 Å². The Bertz CT molecular complexity index is 1450. The van der Waals surface area contributed by atoms with Crippen molar-refractivity contribution in [1.29, 1.82) is 0 Å². The van der Waals surface area contributed by atoms with Crippen molar-refractivity contribution in [2.24, 2.45) is 0 Å². The number of hydrogen-bond acceptors (Lipinski definition) is 6. The predicted octanol–water partition coefficient (Wildman–Crippen LogP) is 14.0. The van der Waals surface area contributed by atoms with Gasteiger partial charge in [-0.3, -0.25) is 9.36 Å². The number of phosphoric ester groups is 1. The van der Waals surface area contributed by atoms with Crippen molar-refractivity contribution in [2.45, 2.75) is 180 Å². The second kappa shape index (κ2) is 45.1. The monoisotopic (exact) mass is 909 g/mol. The number of hydrogen-bond donors (Lipinski definition) is 2. The number of likely N-dealkylation sites (N-methyl/N-ethyl adjacent to an activating group) is 1. The van der Waals surface area contributed by atoms with Crippen LogP contribution in [0.15, 0.2) is 122 Å². The summed E-state index contributed by atoms with van der Waals surface area (Å²) in [5, 5.41) is 13.4. The first-order valence-electron chi connectivity index (χ1n) is 24.9. The van der Waals surface area contributed by atoms with Gasteiger partial charge in [0.1, 0.15) is 13.2 Å². The summed E-state index contributed by atoms with van der Waals surface area (Å²) >= 11 is 0. The largest absolute Gasteiger partial charge is 0.756 e. The smallest absolute Gasteiger partial charge is 0.268 e. The molecule has 64 heavy (non-hydrogen) atoms. The maximum Gasteiger partial charge on any atom is 0.268 e. The number of unbranched alkanes of at least 4 members (excludes halogenated alkanes) is 12. The molecule has 0 saturated carbocycles. The molecule has 0 radical (unpaired) electrons. The van der Waals surface area contributed by atoms with E-state index in [0.29, 0.717) is 17.4 Å². The molecule has 0 heterocycles. The van der Waals surface area contributed by atoms with Gasteiger partial charge in [0, 0.05) is 6.42 Å². The highest BCUT2D eigenvalue weighted by Crippen LogP contribution is 2.38. The summed E-state index contributed by atoms with van der Waals surface area (Å²) in [5.74, 6) is -0.220. The Hall–Kier alpha value is -3.10. The molecule has 0 aromatic rings. The van der Waals surface area contributed by atoms with Crippen LogP contribution in [0.1, 0.15) is 168 Å². The summed E-state index contributed by atoms with van der Waals surface area (Å²) in [6.07, 6.45) is 68.0. The van der Waals surface area contributed by atoms with E-state index >= 15 is 0 Å². The number of aliphatic hydroxyl groups is 1. The number of nitrogens with zero attached hydrogens (tertiary/aromatic N) is 1. The average molecular weight is 909 g/mol. The molecule has 0 aromatic carbocycles. The lowest BCUT2D eigenvalue weighted by molar-refractivity contribution is -0.870. The van der Waals surface area contributed by atoms with Crippen molar-refractivity contribution in [3.63, 3.8) is 0 Å². The summed E-state index contributed by atoms with van der Waals surface area (Å²) in [5.41, 5.74) is 0. The lowest BCUT2D eigenvalue weighted by atomic mass is 10.0. The first-order chi connectivity index (χ1) is 31.0. The first-order valence-corrected chi connectivity index (χ1v) is 26.4. The SMILES string of the molecule is CC/C=C\C/C=C\C/C=C\C/C=C\C/C=C\C/C=C\C/C=C\C/C=C\C/C=C\CCCCCCCCCCCCCC(=O)NC(COP(=O)([O-])OCC[N+](C)(C)C)C(O)/C=C/CCC. The highest BCUT2D eigenvalue weighted by atomic mass is 31.2. The topological polar surface area (TPSA) is 108 Å². The molecule has 3 atom stereocenters. The lowest BCUT2D eigenvalue weighted by Crippen LogP contribution is -2.45. The van der Waals surface area contributed by atoms with Crippen LogP contribution >= 0.6 is 7.82 Å². The molecule has 364 valence electrons. The molecule has 1 amide bonds. The van der Waals surface area contributed by atoms with Gasteiger partial charge in [-0.2, -0.15) is 0 Å². The maximum atomic E-state index is 12.7. The Morgan fingerprint density at radius 2 is 0.953 bits per heavy atom.